The van der Waals surface area contributed by atoms with Crippen LogP contribution in [0.2, 0.25) is 0 Å². The minimum absolute atomic E-state index is 0.00322. The van der Waals surface area contributed by atoms with E-state index in [1.165, 1.54) is 4.90 Å². The van der Waals surface area contributed by atoms with Crippen LogP contribution in [-0.4, -0.2) is 29.6 Å². The minimum atomic E-state index is -1.05. The third kappa shape index (κ3) is 3.65. The molecule has 6 nitrogen and oxygen atoms in total. The molecule has 0 aliphatic carbocycles. The lowest BCUT2D eigenvalue weighted by molar-refractivity contribution is -0.147. The summed E-state index contributed by atoms with van der Waals surface area (Å²) in [7, 11) is 0. The van der Waals surface area contributed by atoms with Crippen LogP contribution in [0.5, 0.6) is 5.75 Å². The number of hydrogen-bond acceptors (Lipinski definition) is 6. The number of anilines is 1. The number of benzene rings is 2. The average molecular weight is 418 g/mol. The van der Waals surface area contributed by atoms with E-state index >= 15 is 0 Å². The van der Waals surface area contributed by atoms with E-state index < -0.39 is 29.6 Å². The molecule has 1 atom stereocenters. The van der Waals surface area contributed by atoms with Crippen molar-refractivity contribution in [1.29, 1.82) is 0 Å². The molecule has 0 saturated carbocycles. The summed E-state index contributed by atoms with van der Waals surface area (Å²) in [6.07, 6.45) is -1.28. The van der Waals surface area contributed by atoms with Gasteiger partial charge in [0.1, 0.15) is 22.1 Å². The number of rotatable bonds is 5. The van der Waals surface area contributed by atoms with Crippen LogP contribution < -0.4 is 9.64 Å². The van der Waals surface area contributed by atoms with Crippen LogP contribution in [0.4, 0.5) is 14.5 Å². The number of esters is 1. The molecule has 4 rings (SSSR count). The summed E-state index contributed by atoms with van der Waals surface area (Å²) >= 11 is 0.979. The Bertz CT molecular complexity index is 1060. The molecule has 3 aromatic rings. The van der Waals surface area contributed by atoms with Crippen LogP contribution in [-0.2, 0) is 20.9 Å². The van der Waals surface area contributed by atoms with E-state index in [-0.39, 0.29) is 29.8 Å². The van der Waals surface area contributed by atoms with E-state index in [0.717, 1.165) is 23.5 Å². The SMILES string of the molecule is CCOC(=O)CC1Oc2ccccc2N(Cc2nc3c(F)ccc(F)c3s2)C1=O. The Hall–Kier alpha value is -3.07. The summed E-state index contributed by atoms with van der Waals surface area (Å²) in [4.78, 5) is 30.4. The first-order chi connectivity index (χ1) is 14.0. The predicted octanol–water partition coefficient (Wildman–Crippen LogP) is 3.82. The maximum absolute atomic E-state index is 14.0. The highest BCUT2D eigenvalue weighted by Gasteiger charge is 2.36. The van der Waals surface area contributed by atoms with E-state index in [0.29, 0.717) is 16.4 Å². The van der Waals surface area contributed by atoms with Gasteiger partial charge in [0.25, 0.3) is 5.91 Å². The van der Waals surface area contributed by atoms with E-state index in [2.05, 4.69) is 4.98 Å². The van der Waals surface area contributed by atoms with Crippen molar-refractivity contribution >= 4 is 39.1 Å². The first-order valence-electron chi connectivity index (χ1n) is 8.94. The van der Waals surface area contributed by atoms with Gasteiger partial charge in [0.15, 0.2) is 11.9 Å². The number of nitrogens with zero attached hydrogens (tertiary/aromatic N) is 2. The van der Waals surface area contributed by atoms with Crippen molar-refractivity contribution in [2.24, 2.45) is 0 Å². The van der Waals surface area contributed by atoms with Crippen molar-refractivity contribution in [3.8, 4) is 5.75 Å². The van der Waals surface area contributed by atoms with Crippen molar-refractivity contribution in [2.75, 3.05) is 11.5 Å². The fourth-order valence-corrected chi connectivity index (χ4v) is 4.10. The minimum Gasteiger partial charge on any atom is -0.478 e. The van der Waals surface area contributed by atoms with Crippen molar-refractivity contribution in [3.63, 3.8) is 0 Å². The maximum Gasteiger partial charge on any atom is 0.310 e. The number of fused-ring (bicyclic) bond motifs is 2. The largest absolute Gasteiger partial charge is 0.478 e. The molecule has 0 radical (unpaired) electrons. The van der Waals surface area contributed by atoms with Gasteiger partial charge in [-0.05, 0) is 31.2 Å². The van der Waals surface area contributed by atoms with Crippen LogP contribution in [0.3, 0.4) is 0 Å². The molecular weight excluding hydrogens is 402 g/mol. The highest BCUT2D eigenvalue weighted by atomic mass is 32.1. The number of carbonyl (C=O) groups is 2. The maximum atomic E-state index is 14.0. The highest BCUT2D eigenvalue weighted by Crippen LogP contribution is 2.37. The summed E-state index contributed by atoms with van der Waals surface area (Å²) in [5, 5.41) is 0.365. The highest BCUT2D eigenvalue weighted by molar-refractivity contribution is 7.18. The molecule has 1 aliphatic rings. The van der Waals surface area contributed by atoms with Gasteiger partial charge in [-0.1, -0.05) is 12.1 Å². The van der Waals surface area contributed by atoms with Gasteiger partial charge in [-0.2, -0.15) is 0 Å². The number of para-hydroxylation sites is 2. The fourth-order valence-electron chi connectivity index (χ4n) is 3.13. The number of thiazole rings is 1. The molecule has 1 unspecified atom stereocenters. The van der Waals surface area contributed by atoms with Gasteiger partial charge in [0, 0.05) is 0 Å². The number of carbonyl (C=O) groups excluding carboxylic acids is 2. The first-order valence-corrected chi connectivity index (χ1v) is 9.75. The predicted molar refractivity (Wildman–Crippen MR) is 103 cm³/mol. The molecule has 2 aromatic carbocycles. The molecule has 0 saturated heterocycles. The molecule has 1 aromatic heterocycles. The van der Waals surface area contributed by atoms with Gasteiger partial charge in [-0.3, -0.25) is 14.5 Å². The molecule has 2 heterocycles. The molecule has 9 heteroatoms. The van der Waals surface area contributed by atoms with Crippen molar-refractivity contribution in [2.45, 2.75) is 26.0 Å². The Morgan fingerprint density at radius 3 is 2.76 bits per heavy atom. The van der Waals surface area contributed by atoms with Crippen LogP contribution in [0.25, 0.3) is 10.2 Å². The number of amides is 1. The van der Waals surface area contributed by atoms with Crippen LogP contribution in [0.1, 0.15) is 18.4 Å². The molecule has 0 fully saturated rings. The fraction of sp³-hybridized carbons (Fsp3) is 0.250. The van der Waals surface area contributed by atoms with Crippen LogP contribution >= 0.6 is 11.3 Å². The molecule has 150 valence electrons. The average Bonchev–Trinajstić information content (AvgIpc) is 3.13. The summed E-state index contributed by atoms with van der Waals surface area (Å²) < 4.78 is 38.7. The van der Waals surface area contributed by atoms with Crippen molar-refractivity contribution < 1.29 is 27.8 Å². The Morgan fingerprint density at radius 2 is 2.00 bits per heavy atom. The first kappa shape index (κ1) is 19.3. The lowest BCUT2D eigenvalue weighted by Crippen LogP contribution is -2.46. The number of aromatic nitrogens is 1. The van der Waals surface area contributed by atoms with E-state index in [4.69, 9.17) is 9.47 Å². The van der Waals surface area contributed by atoms with Crippen molar-refractivity contribution in [1.82, 2.24) is 4.98 Å². The van der Waals surface area contributed by atoms with Crippen molar-refractivity contribution in [3.05, 3.63) is 53.0 Å². The molecule has 1 aliphatic heterocycles. The smallest absolute Gasteiger partial charge is 0.310 e. The third-order valence-electron chi connectivity index (χ3n) is 4.41. The second-order valence-electron chi connectivity index (χ2n) is 6.32. The van der Waals surface area contributed by atoms with Gasteiger partial charge in [-0.15, -0.1) is 11.3 Å². The van der Waals surface area contributed by atoms with Crippen LogP contribution in [0, 0.1) is 11.6 Å². The van der Waals surface area contributed by atoms with E-state index in [9.17, 15) is 18.4 Å². The van der Waals surface area contributed by atoms with Crippen LogP contribution in [0.15, 0.2) is 36.4 Å². The second kappa shape index (κ2) is 7.75. The van der Waals surface area contributed by atoms with E-state index in [1.807, 2.05) is 0 Å². The zero-order valence-electron chi connectivity index (χ0n) is 15.4. The summed E-state index contributed by atoms with van der Waals surface area (Å²) in [5.41, 5.74) is 0.430. The number of hydrogen-bond donors (Lipinski definition) is 0. The molecule has 0 spiro atoms. The lowest BCUT2D eigenvalue weighted by atomic mass is 10.1. The summed E-state index contributed by atoms with van der Waals surface area (Å²) in [6, 6.07) is 8.94. The molecule has 1 amide bonds. The summed E-state index contributed by atoms with van der Waals surface area (Å²) in [5.74, 6) is -1.76. The Labute approximate surface area is 168 Å². The van der Waals surface area contributed by atoms with E-state index in [1.54, 1.807) is 31.2 Å². The monoisotopic (exact) mass is 418 g/mol. The lowest BCUT2D eigenvalue weighted by Gasteiger charge is -2.33. The standard InChI is InChI=1S/C20H16F2N2O4S/c1-2-27-17(25)9-15-20(26)24(13-5-3-4-6-14(13)28-15)10-16-23-18-11(21)7-8-12(22)19(18)29-16/h3-8,15H,2,9-10H2,1H3. The normalized spacial score (nSPS) is 15.9. The van der Waals surface area contributed by atoms with Gasteiger partial charge in [0.05, 0.1) is 30.0 Å². The van der Waals surface area contributed by atoms with Gasteiger partial charge < -0.3 is 9.47 Å². The Morgan fingerprint density at radius 1 is 1.24 bits per heavy atom. The number of ether oxygens (including phenoxy) is 2. The third-order valence-corrected chi connectivity index (χ3v) is 5.46. The molecule has 29 heavy (non-hydrogen) atoms. The Balaban J connectivity index is 1.68. The van der Waals surface area contributed by atoms with Gasteiger partial charge in [0.2, 0.25) is 0 Å². The summed E-state index contributed by atoms with van der Waals surface area (Å²) in [6.45, 7) is 1.87. The topological polar surface area (TPSA) is 68.7 Å². The second-order valence-corrected chi connectivity index (χ2v) is 7.41. The zero-order valence-corrected chi connectivity index (χ0v) is 16.2. The molecule has 0 bridgehead atoms. The van der Waals surface area contributed by atoms with Gasteiger partial charge in [-0.25, -0.2) is 13.8 Å². The quantitative estimate of drug-likeness (QED) is 0.589. The molecular formula is C20H16F2N2O4S. The zero-order chi connectivity index (χ0) is 20.5. The number of halogens is 2. The Kier molecular flexibility index (Phi) is 5.14. The van der Waals surface area contributed by atoms with Gasteiger partial charge >= 0.3 is 5.97 Å². The molecule has 0 N–H and O–H groups in total.